The van der Waals surface area contributed by atoms with Gasteiger partial charge in [-0.15, -0.1) is 0 Å². The quantitative estimate of drug-likeness (QED) is 0.407. The van der Waals surface area contributed by atoms with E-state index in [0.717, 1.165) is 0 Å². The zero-order chi connectivity index (χ0) is 18.0. The lowest BCUT2D eigenvalue weighted by Crippen LogP contribution is -2.42. The van der Waals surface area contributed by atoms with Crippen LogP contribution in [0.4, 0.5) is 0 Å². The van der Waals surface area contributed by atoms with Gasteiger partial charge in [0.1, 0.15) is 5.69 Å². The molecule has 3 rings (SSSR count). The van der Waals surface area contributed by atoms with Crippen LogP contribution in [0.1, 0.15) is 38.3 Å². The number of hydrogen-bond acceptors (Lipinski definition) is 5. The summed E-state index contributed by atoms with van der Waals surface area (Å²) in [5, 5.41) is 6.63. The maximum absolute atomic E-state index is 12.2. The number of H-pyrrole nitrogens is 2. The van der Waals surface area contributed by atoms with E-state index < -0.39 is 17.4 Å². The number of carbonyl (C=O) groups is 3. The second-order valence-electron chi connectivity index (χ2n) is 5.21. The molecule has 0 radical (unpaired) electrons. The fourth-order valence-corrected chi connectivity index (χ4v) is 2.26. The normalized spacial score (nSPS) is 10.4. The summed E-state index contributed by atoms with van der Waals surface area (Å²) in [5.74, 6) is -1.52. The molecule has 25 heavy (non-hydrogen) atoms. The van der Waals surface area contributed by atoms with E-state index >= 15 is 0 Å². The van der Waals surface area contributed by atoms with E-state index in [-0.39, 0.29) is 17.2 Å². The van der Waals surface area contributed by atoms with E-state index in [4.69, 9.17) is 0 Å². The number of amides is 2. The molecule has 0 unspecified atom stereocenters. The number of carbonyl (C=O) groups excluding carboxylic acids is 3. The van der Waals surface area contributed by atoms with Gasteiger partial charge in [-0.05, 0) is 19.1 Å². The fourth-order valence-electron chi connectivity index (χ4n) is 2.26. The Morgan fingerprint density at radius 3 is 2.40 bits per heavy atom. The van der Waals surface area contributed by atoms with Crippen molar-refractivity contribution in [1.29, 1.82) is 0 Å². The Balaban J connectivity index is 1.77. The van der Waals surface area contributed by atoms with Crippen LogP contribution in [0, 0.1) is 0 Å². The molecular formula is C16H13N5O4. The Morgan fingerprint density at radius 1 is 1.04 bits per heavy atom. The molecule has 1 aromatic carbocycles. The Kier molecular flexibility index (Phi) is 4.12. The number of benzene rings is 1. The third-order valence-corrected chi connectivity index (χ3v) is 3.53. The van der Waals surface area contributed by atoms with E-state index in [1.165, 1.54) is 19.2 Å². The molecule has 0 bridgehead atoms. The summed E-state index contributed by atoms with van der Waals surface area (Å²) in [7, 11) is 0. The van der Waals surface area contributed by atoms with Crippen molar-refractivity contribution in [3.05, 3.63) is 63.8 Å². The fraction of sp³-hybridized carbons (Fsp3) is 0.0625. The number of aromatic nitrogens is 3. The Bertz CT molecular complexity index is 1050. The summed E-state index contributed by atoms with van der Waals surface area (Å²) in [4.78, 5) is 49.8. The molecule has 3 aromatic rings. The number of nitrogens with one attached hydrogen (secondary N) is 4. The molecule has 0 fully saturated rings. The number of nitrogens with zero attached hydrogens (tertiary/aromatic N) is 1. The molecule has 0 aliphatic carbocycles. The van der Waals surface area contributed by atoms with Crippen molar-refractivity contribution >= 4 is 28.4 Å². The molecule has 2 heterocycles. The monoisotopic (exact) mass is 339 g/mol. The van der Waals surface area contributed by atoms with Crippen molar-refractivity contribution in [2.24, 2.45) is 0 Å². The van der Waals surface area contributed by atoms with Crippen molar-refractivity contribution < 1.29 is 14.4 Å². The Labute approximate surface area is 140 Å². The van der Waals surface area contributed by atoms with Gasteiger partial charge in [-0.25, -0.2) is 5.10 Å². The average Bonchev–Trinajstić information content (AvgIpc) is 3.10. The van der Waals surface area contributed by atoms with Crippen LogP contribution >= 0.6 is 0 Å². The average molecular weight is 339 g/mol. The van der Waals surface area contributed by atoms with E-state index in [2.05, 4.69) is 26.0 Å². The van der Waals surface area contributed by atoms with Crippen molar-refractivity contribution in [1.82, 2.24) is 26.0 Å². The van der Waals surface area contributed by atoms with Gasteiger partial charge in [-0.1, -0.05) is 18.2 Å². The van der Waals surface area contributed by atoms with E-state index in [0.29, 0.717) is 16.3 Å². The first kappa shape index (κ1) is 16.1. The van der Waals surface area contributed by atoms with Gasteiger partial charge in [0.15, 0.2) is 11.5 Å². The number of ketones is 1. The predicted molar refractivity (Wildman–Crippen MR) is 88.1 cm³/mol. The summed E-state index contributed by atoms with van der Waals surface area (Å²) in [6.45, 7) is 1.37. The lowest BCUT2D eigenvalue weighted by Gasteiger charge is -2.07. The van der Waals surface area contributed by atoms with Crippen LogP contribution in [0.3, 0.4) is 0 Å². The Morgan fingerprint density at radius 2 is 1.72 bits per heavy atom. The molecule has 0 atom stereocenters. The zero-order valence-corrected chi connectivity index (χ0v) is 13.0. The minimum Gasteiger partial charge on any atom is -0.356 e. The highest BCUT2D eigenvalue weighted by Gasteiger charge is 2.16. The number of aromatic amines is 2. The smallest absolute Gasteiger partial charge is 0.290 e. The third kappa shape index (κ3) is 3.15. The topological polar surface area (TPSA) is 137 Å². The lowest BCUT2D eigenvalue weighted by atomic mass is 10.1. The standard InChI is InChI=1S/C16H13N5O4/c1-8(22)9-6-12(17-7-9)15(24)20-21-16(25)13-10-4-2-3-5-11(10)14(23)19-18-13/h2-7,17H,1H3,(H,19,23)(H,20,24)(H,21,25). The molecule has 4 N–H and O–H groups in total. The first-order valence-corrected chi connectivity index (χ1v) is 7.25. The molecule has 9 heteroatoms. The summed E-state index contributed by atoms with van der Waals surface area (Å²) in [6, 6.07) is 7.85. The lowest BCUT2D eigenvalue weighted by molar-refractivity contribution is 0.0842. The third-order valence-electron chi connectivity index (χ3n) is 3.53. The number of rotatable bonds is 3. The van der Waals surface area contributed by atoms with Crippen molar-refractivity contribution in [3.8, 4) is 0 Å². The largest absolute Gasteiger partial charge is 0.356 e. The summed E-state index contributed by atoms with van der Waals surface area (Å²) in [6.07, 6.45) is 1.40. The highest BCUT2D eigenvalue weighted by atomic mass is 16.2. The van der Waals surface area contributed by atoms with Crippen molar-refractivity contribution in [2.45, 2.75) is 6.92 Å². The molecule has 2 amide bonds. The molecule has 0 spiro atoms. The summed E-state index contributed by atoms with van der Waals surface area (Å²) < 4.78 is 0. The maximum atomic E-state index is 12.2. The number of hydrazine groups is 1. The van der Waals surface area contributed by atoms with Crippen LogP contribution in [0.15, 0.2) is 41.3 Å². The maximum Gasteiger partial charge on any atom is 0.290 e. The zero-order valence-electron chi connectivity index (χ0n) is 13.0. The second kappa shape index (κ2) is 6.40. The van der Waals surface area contributed by atoms with Crippen LogP contribution in [0.25, 0.3) is 10.8 Å². The van der Waals surface area contributed by atoms with Crippen molar-refractivity contribution in [3.63, 3.8) is 0 Å². The van der Waals surface area contributed by atoms with Crippen LogP contribution in [0.5, 0.6) is 0 Å². The molecule has 126 valence electrons. The minimum atomic E-state index is -0.695. The van der Waals surface area contributed by atoms with Gasteiger partial charge in [0.2, 0.25) is 0 Å². The van der Waals surface area contributed by atoms with Gasteiger partial charge in [0, 0.05) is 17.1 Å². The molecule has 2 aromatic heterocycles. The van der Waals surface area contributed by atoms with Gasteiger partial charge in [0.05, 0.1) is 5.39 Å². The predicted octanol–water partition coefficient (Wildman–Crippen LogP) is 0.529. The first-order valence-electron chi connectivity index (χ1n) is 7.25. The molecule has 9 nitrogen and oxygen atoms in total. The van der Waals surface area contributed by atoms with Gasteiger partial charge >= 0.3 is 0 Å². The van der Waals surface area contributed by atoms with E-state index in [1.807, 2.05) is 0 Å². The van der Waals surface area contributed by atoms with Gasteiger partial charge in [-0.2, -0.15) is 5.10 Å². The van der Waals surface area contributed by atoms with Gasteiger partial charge in [-0.3, -0.25) is 30.0 Å². The van der Waals surface area contributed by atoms with Crippen molar-refractivity contribution in [2.75, 3.05) is 0 Å². The number of fused-ring (bicyclic) bond motifs is 1. The molecular weight excluding hydrogens is 326 g/mol. The molecule has 0 aliphatic heterocycles. The summed E-state index contributed by atoms with van der Waals surface area (Å²) in [5.41, 5.74) is 4.45. The van der Waals surface area contributed by atoms with Crippen LogP contribution in [0.2, 0.25) is 0 Å². The minimum absolute atomic E-state index is 0.0357. The van der Waals surface area contributed by atoms with Gasteiger partial charge in [0.25, 0.3) is 17.4 Å². The number of Topliss-reactive ketones (excluding diaryl/α,β-unsaturated/α-hetero) is 1. The van der Waals surface area contributed by atoms with E-state index in [1.54, 1.807) is 24.3 Å². The molecule has 0 saturated carbocycles. The Hall–Kier alpha value is -3.75. The van der Waals surface area contributed by atoms with Crippen LogP contribution in [-0.2, 0) is 0 Å². The highest BCUT2D eigenvalue weighted by Crippen LogP contribution is 2.11. The SMILES string of the molecule is CC(=O)c1c[nH]c(C(=O)NNC(=O)c2n[nH]c(=O)c3ccccc23)c1. The molecule has 0 saturated heterocycles. The number of hydrogen-bond donors (Lipinski definition) is 4. The van der Waals surface area contributed by atoms with E-state index in [9.17, 15) is 19.2 Å². The summed E-state index contributed by atoms with van der Waals surface area (Å²) >= 11 is 0. The van der Waals surface area contributed by atoms with Gasteiger partial charge < -0.3 is 4.98 Å². The first-order chi connectivity index (χ1) is 12.0. The van der Waals surface area contributed by atoms with Crippen LogP contribution in [-0.4, -0.2) is 32.8 Å². The van der Waals surface area contributed by atoms with Crippen LogP contribution < -0.4 is 16.4 Å². The molecule has 0 aliphatic rings. The second-order valence-corrected chi connectivity index (χ2v) is 5.21. The highest BCUT2D eigenvalue weighted by molar-refractivity contribution is 6.06.